The number of carbonyl (C=O) groups is 2. The Balaban J connectivity index is 0.982. The van der Waals surface area contributed by atoms with E-state index in [1.807, 2.05) is 60.7 Å². The maximum atomic E-state index is 13.7. The Morgan fingerprint density at radius 1 is 0.816 bits per heavy atom. The molecule has 1 aromatic heterocycles. The molecule has 0 spiro atoms. The molecule has 49 heavy (non-hydrogen) atoms. The number of nitrogens with zero attached hydrogens (tertiary/aromatic N) is 3. The van der Waals surface area contributed by atoms with Crippen LogP contribution in [0.25, 0.3) is 11.1 Å². The minimum Gasteiger partial charge on any atom is -0.354 e. The van der Waals surface area contributed by atoms with Crippen molar-refractivity contribution in [1.82, 2.24) is 20.5 Å². The summed E-state index contributed by atoms with van der Waals surface area (Å²) in [7, 11) is 0. The average molecular weight is 676 g/mol. The minimum atomic E-state index is -4.49. The van der Waals surface area contributed by atoms with E-state index in [0.717, 1.165) is 79.6 Å². The number of piperazine rings is 1. The SMILES string of the molecule is O=C(NCCCC1CCCCC1)c1ccc(N2CCN(CCCCC3(C(=O)NCC(F)(F)F)c4ccccc4-c4ccccc43)CC2)nc1. The molecule has 7 nitrogen and oxygen atoms in total. The predicted octanol–water partition coefficient (Wildman–Crippen LogP) is 7.11. The lowest BCUT2D eigenvalue weighted by Crippen LogP contribution is -2.48. The lowest BCUT2D eigenvalue weighted by Gasteiger charge is -2.36. The molecule has 1 aliphatic heterocycles. The first-order chi connectivity index (χ1) is 23.7. The van der Waals surface area contributed by atoms with Gasteiger partial charge in [-0.25, -0.2) is 4.98 Å². The van der Waals surface area contributed by atoms with Crippen molar-refractivity contribution in [3.05, 3.63) is 83.6 Å². The first-order valence-electron chi connectivity index (χ1n) is 18.0. The van der Waals surface area contributed by atoms with E-state index in [9.17, 15) is 22.8 Å². The number of fused-ring (bicyclic) bond motifs is 3. The monoisotopic (exact) mass is 675 g/mol. The standard InChI is InChI=1S/C39H48F3N5O2/c40-39(41,42)28-45-37(49)38(33-16-6-4-14-31(33)32-15-5-7-17-34(32)38)20-8-9-22-46-23-25-47(26-24-46)35-19-18-30(27-44-35)36(48)43-21-10-13-29-11-2-1-3-12-29/h4-7,14-19,27,29H,1-3,8-13,20-26,28H2,(H,43,48)(H,45,49). The van der Waals surface area contributed by atoms with Crippen molar-refractivity contribution in [3.8, 4) is 11.1 Å². The highest BCUT2D eigenvalue weighted by molar-refractivity contribution is 6.00. The van der Waals surface area contributed by atoms with Crippen molar-refractivity contribution >= 4 is 17.6 Å². The van der Waals surface area contributed by atoms with E-state index < -0.39 is 24.0 Å². The summed E-state index contributed by atoms with van der Waals surface area (Å²) >= 11 is 0. The summed E-state index contributed by atoms with van der Waals surface area (Å²) < 4.78 is 39.5. The summed E-state index contributed by atoms with van der Waals surface area (Å²) in [6.07, 6.45) is 8.03. The number of alkyl halides is 3. The number of amides is 2. The second-order valence-electron chi connectivity index (χ2n) is 13.9. The maximum Gasteiger partial charge on any atom is 0.405 e. The van der Waals surface area contributed by atoms with Crippen molar-refractivity contribution in [1.29, 1.82) is 0 Å². The summed E-state index contributed by atoms with van der Waals surface area (Å²) in [5.41, 5.74) is 2.77. The lowest BCUT2D eigenvalue weighted by molar-refractivity contribution is -0.141. The number of pyridine rings is 1. The maximum absolute atomic E-state index is 13.7. The number of anilines is 1. The number of carbonyl (C=O) groups excluding carboxylic acids is 2. The number of nitrogens with one attached hydrogen (secondary N) is 2. The van der Waals surface area contributed by atoms with Crippen molar-refractivity contribution < 1.29 is 22.8 Å². The normalized spacial score (nSPS) is 17.7. The topological polar surface area (TPSA) is 77.6 Å². The van der Waals surface area contributed by atoms with Crippen molar-refractivity contribution in [2.45, 2.75) is 75.8 Å². The molecule has 1 saturated heterocycles. The van der Waals surface area contributed by atoms with E-state index in [2.05, 4.69) is 25.4 Å². The third-order valence-electron chi connectivity index (χ3n) is 10.7. The Morgan fingerprint density at radius 3 is 2.12 bits per heavy atom. The Morgan fingerprint density at radius 2 is 1.49 bits per heavy atom. The van der Waals surface area contributed by atoms with E-state index in [4.69, 9.17) is 0 Å². The van der Waals surface area contributed by atoms with Crippen LogP contribution >= 0.6 is 0 Å². The van der Waals surface area contributed by atoms with Gasteiger partial charge < -0.3 is 15.5 Å². The largest absolute Gasteiger partial charge is 0.405 e. The van der Waals surface area contributed by atoms with Gasteiger partial charge >= 0.3 is 6.18 Å². The molecule has 3 aromatic rings. The molecule has 10 heteroatoms. The molecule has 2 N–H and O–H groups in total. The van der Waals surface area contributed by atoms with Crippen LogP contribution in [0.3, 0.4) is 0 Å². The lowest BCUT2D eigenvalue weighted by atomic mass is 9.73. The molecule has 0 radical (unpaired) electrons. The first-order valence-corrected chi connectivity index (χ1v) is 18.0. The Bertz CT molecular complexity index is 1520. The van der Waals surface area contributed by atoms with Crippen LogP contribution < -0.4 is 15.5 Å². The van der Waals surface area contributed by atoms with Gasteiger partial charge in [0.25, 0.3) is 5.91 Å². The van der Waals surface area contributed by atoms with Gasteiger partial charge in [-0.2, -0.15) is 13.2 Å². The highest BCUT2D eigenvalue weighted by atomic mass is 19.4. The molecule has 2 aliphatic carbocycles. The highest BCUT2D eigenvalue weighted by Gasteiger charge is 2.49. The van der Waals surface area contributed by atoms with Gasteiger partial charge in [0.1, 0.15) is 17.8 Å². The molecular formula is C39H48F3N5O2. The number of unbranched alkanes of at least 4 members (excludes halogenated alkanes) is 1. The molecule has 3 aliphatic rings. The summed E-state index contributed by atoms with van der Waals surface area (Å²) in [4.78, 5) is 35.6. The second kappa shape index (κ2) is 15.7. The number of aromatic nitrogens is 1. The molecule has 0 atom stereocenters. The molecule has 1 saturated carbocycles. The van der Waals surface area contributed by atoms with Crippen LogP contribution in [-0.4, -0.2) is 73.7 Å². The van der Waals surface area contributed by atoms with Crippen molar-refractivity contribution in [3.63, 3.8) is 0 Å². The Hall–Kier alpha value is -3.92. The van der Waals surface area contributed by atoms with Crippen LogP contribution in [0.15, 0.2) is 66.9 Å². The smallest absolute Gasteiger partial charge is 0.354 e. The van der Waals surface area contributed by atoms with Gasteiger partial charge in [0.2, 0.25) is 5.91 Å². The summed E-state index contributed by atoms with van der Waals surface area (Å²) in [6.45, 7) is 3.51. The number of hydrogen-bond donors (Lipinski definition) is 2. The van der Waals surface area contributed by atoms with Gasteiger partial charge in [0, 0.05) is 38.9 Å². The van der Waals surface area contributed by atoms with E-state index >= 15 is 0 Å². The predicted molar refractivity (Wildman–Crippen MR) is 187 cm³/mol. The van der Waals surface area contributed by atoms with E-state index in [1.165, 1.54) is 38.5 Å². The van der Waals surface area contributed by atoms with Gasteiger partial charge in [-0.15, -0.1) is 0 Å². The second-order valence-corrected chi connectivity index (χ2v) is 13.9. The van der Waals surface area contributed by atoms with Crippen LogP contribution in [0.4, 0.5) is 19.0 Å². The third kappa shape index (κ3) is 8.28. The number of benzene rings is 2. The Labute approximate surface area is 287 Å². The molecule has 0 unspecified atom stereocenters. The number of halogens is 3. The molecule has 0 bridgehead atoms. The molecule has 262 valence electrons. The zero-order valence-electron chi connectivity index (χ0n) is 28.2. The van der Waals surface area contributed by atoms with Crippen LogP contribution in [0, 0.1) is 5.92 Å². The van der Waals surface area contributed by atoms with Gasteiger partial charge in [-0.05, 0) is 72.5 Å². The number of hydrogen-bond acceptors (Lipinski definition) is 5. The van der Waals surface area contributed by atoms with Gasteiger partial charge in [-0.3, -0.25) is 14.5 Å². The number of rotatable bonds is 13. The first kappa shape index (κ1) is 34.9. The molecule has 2 amide bonds. The summed E-state index contributed by atoms with van der Waals surface area (Å²) in [5.74, 6) is 1.01. The third-order valence-corrected chi connectivity index (χ3v) is 10.7. The fraction of sp³-hybridized carbons (Fsp3) is 0.513. The average Bonchev–Trinajstić information content (AvgIpc) is 3.42. The van der Waals surface area contributed by atoms with Gasteiger partial charge in [0.05, 0.1) is 5.56 Å². The molecule has 6 rings (SSSR count). The van der Waals surface area contributed by atoms with E-state index in [0.29, 0.717) is 24.9 Å². The fourth-order valence-corrected chi connectivity index (χ4v) is 8.09. The van der Waals surface area contributed by atoms with E-state index in [-0.39, 0.29) is 5.91 Å². The summed E-state index contributed by atoms with van der Waals surface area (Å²) in [5, 5.41) is 5.27. The van der Waals surface area contributed by atoms with Crippen molar-refractivity contribution in [2.75, 3.05) is 50.7 Å². The minimum absolute atomic E-state index is 0.0725. The fourth-order valence-electron chi connectivity index (χ4n) is 8.09. The summed E-state index contributed by atoms with van der Waals surface area (Å²) in [6, 6.07) is 18.9. The van der Waals surface area contributed by atoms with Crippen LogP contribution in [-0.2, 0) is 10.2 Å². The molecule has 2 heterocycles. The zero-order valence-corrected chi connectivity index (χ0v) is 28.2. The quantitative estimate of drug-likeness (QED) is 0.189. The highest BCUT2D eigenvalue weighted by Crippen LogP contribution is 2.51. The zero-order chi connectivity index (χ0) is 34.3. The van der Waals surface area contributed by atoms with Gasteiger partial charge in [0.15, 0.2) is 0 Å². The molecular weight excluding hydrogens is 627 g/mol. The van der Waals surface area contributed by atoms with Crippen LogP contribution in [0.5, 0.6) is 0 Å². The van der Waals surface area contributed by atoms with E-state index in [1.54, 1.807) is 6.20 Å². The van der Waals surface area contributed by atoms with Crippen molar-refractivity contribution in [2.24, 2.45) is 5.92 Å². The molecule has 2 fully saturated rings. The Kier molecular flexibility index (Phi) is 11.2. The van der Waals surface area contributed by atoms with Gasteiger partial charge in [-0.1, -0.05) is 87.1 Å². The molecule has 2 aromatic carbocycles. The van der Waals surface area contributed by atoms with Crippen LogP contribution in [0.2, 0.25) is 0 Å². The van der Waals surface area contributed by atoms with Crippen LogP contribution in [0.1, 0.15) is 85.7 Å².